The van der Waals surface area contributed by atoms with Crippen molar-refractivity contribution >= 4 is 0 Å². The van der Waals surface area contributed by atoms with Crippen LogP contribution in [0.3, 0.4) is 0 Å². The molecule has 0 spiro atoms. The first-order valence-electron chi connectivity index (χ1n) is 6.42. The second kappa shape index (κ2) is 8.04. The number of hydrogen-bond donors (Lipinski definition) is 1. The Morgan fingerprint density at radius 2 is 1.88 bits per heavy atom. The van der Waals surface area contributed by atoms with E-state index in [0.717, 1.165) is 32.7 Å². The topological polar surface area (TPSA) is 24.5 Å². The first kappa shape index (κ1) is 15.9. The van der Waals surface area contributed by atoms with Crippen LogP contribution in [0.2, 0.25) is 0 Å². The fourth-order valence-corrected chi connectivity index (χ4v) is 1.27. The number of nitrogens with zero attached hydrogens (tertiary/aromatic N) is 1. The molecule has 3 nitrogen and oxygen atoms in total. The van der Waals surface area contributed by atoms with Gasteiger partial charge in [-0.25, -0.2) is 0 Å². The van der Waals surface area contributed by atoms with Crippen LogP contribution < -0.4 is 5.32 Å². The highest BCUT2D eigenvalue weighted by atomic mass is 16.5. The number of hydrogen-bond acceptors (Lipinski definition) is 3. The maximum absolute atomic E-state index is 5.52. The van der Waals surface area contributed by atoms with Crippen LogP contribution in [0.5, 0.6) is 0 Å². The van der Waals surface area contributed by atoms with Gasteiger partial charge < -0.3 is 15.0 Å². The summed E-state index contributed by atoms with van der Waals surface area (Å²) in [5.74, 6) is 0. The minimum atomic E-state index is 0.259. The van der Waals surface area contributed by atoms with Gasteiger partial charge in [0, 0.05) is 25.2 Å². The molecule has 0 amide bonds. The van der Waals surface area contributed by atoms with Crippen molar-refractivity contribution in [3.63, 3.8) is 0 Å². The van der Waals surface area contributed by atoms with Gasteiger partial charge in [-0.05, 0) is 41.2 Å². The minimum absolute atomic E-state index is 0.259. The summed E-state index contributed by atoms with van der Waals surface area (Å²) in [4.78, 5) is 2.31. The van der Waals surface area contributed by atoms with Gasteiger partial charge in [-0.3, -0.25) is 0 Å². The van der Waals surface area contributed by atoms with Gasteiger partial charge in [0.15, 0.2) is 0 Å². The highest BCUT2D eigenvalue weighted by Gasteiger charge is 2.13. The largest absolute Gasteiger partial charge is 0.377 e. The summed E-state index contributed by atoms with van der Waals surface area (Å²) in [6.07, 6.45) is 1.50. The van der Waals surface area contributed by atoms with Crippen molar-refractivity contribution in [1.82, 2.24) is 10.2 Å². The lowest BCUT2D eigenvalue weighted by molar-refractivity contribution is 0.0637. The average Bonchev–Trinajstić information content (AvgIpc) is 2.17. The van der Waals surface area contributed by atoms with Crippen LogP contribution >= 0.6 is 0 Å². The van der Waals surface area contributed by atoms with E-state index in [0.29, 0.717) is 6.10 Å². The monoisotopic (exact) mass is 230 g/mol. The molecule has 0 saturated carbocycles. The average molecular weight is 230 g/mol. The summed E-state index contributed by atoms with van der Waals surface area (Å²) in [7, 11) is 2.14. The van der Waals surface area contributed by atoms with Crippen molar-refractivity contribution < 1.29 is 4.74 Å². The lowest BCUT2D eigenvalue weighted by atomic mass is 10.0. The van der Waals surface area contributed by atoms with Crippen LogP contribution in [-0.2, 0) is 4.74 Å². The van der Waals surface area contributed by atoms with Crippen LogP contribution in [0.25, 0.3) is 0 Å². The van der Waals surface area contributed by atoms with E-state index < -0.39 is 0 Å². The third-order valence-corrected chi connectivity index (χ3v) is 2.91. The summed E-state index contributed by atoms with van der Waals surface area (Å²) in [6.45, 7) is 14.8. The Bertz CT molecular complexity index is 169. The maximum Gasteiger partial charge on any atom is 0.0596 e. The molecule has 0 aromatic carbocycles. The number of likely N-dealkylation sites (N-methyl/N-ethyl adjacent to an activating group) is 1. The normalized spacial score (nSPS) is 12.8. The van der Waals surface area contributed by atoms with Crippen molar-refractivity contribution in [3.05, 3.63) is 0 Å². The fraction of sp³-hybridized carbons (Fsp3) is 1.00. The molecule has 0 saturated heterocycles. The Morgan fingerprint density at radius 3 is 2.38 bits per heavy atom. The number of rotatable bonds is 9. The maximum atomic E-state index is 5.52. The van der Waals surface area contributed by atoms with Gasteiger partial charge in [-0.1, -0.05) is 6.92 Å². The molecular weight excluding hydrogens is 200 g/mol. The smallest absolute Gasteiger partial charge is 0.0596 e. The van der Waals surface area contributed by atoms with Gasteiger partial charge in [0.25, 0.3) is 0 Å². The first-order chi connectivity index (χ1) is 7.37. The summed E-state index contributed by atoms with van der Waals surface area (Å²) in [6, 6.07) is 0. The van der Waals surface area contributed by atoms with E-state index in [2.05, 4.69) is 51.9 Å². The fourth-order valence-electron chi connectivity index (χ4n) is 1.27. The molecule has 0 rings (SSSR count). The van der Waals surface area contributed by atoms with Crippen molar-refractivity contribution in [3.8, 4) is 0 Å². The molecule has 0 aliphatic rings. The molecule has 1 N–H and O–H groups in total. The molecule has 0 heterocycles. The SMILES string of the molecule is CCC(C)(C)NCCN(C)CCOC(C)C. The van der Waals surface area contributed by atoms with Gasteiger partial charge >= 0.3 is 0 Å². The number of nitrogens with one attached hydrogen (secondary N) is 1. The standard InChI is InChI=1S/C13H30N2O/c1-7-13(4,5)14-8-9-15(6)10-11-16-12(2)3/h12,14H,7-11H2,1-6H3. The predicted octanol–water partition coefficient (Wildman–Crippen LogP) is 2.12. The van der Waals surface area contributed by atoms with E-state index in [4.69, 9.17) is 4.74 Å². The third kappa shape index (κ3) is 9.13. The molecule has 0 aromatic rings. The quantitative estimate of drug-likeness (QED) is 0.656. The van der Waals surface area contributed by atoms with Gasteiger partial charge in [0.2, 0.25) is 0 Å². The minimum Gasteiger partial charge on any atom is -0.377 e. The van der Waals surface area contributed by atoms with E-state index >= 15 is 0 Å². The van der Waals surface area contributed by atoms with E-state index in [-0.39, 0.29) is 5.54 Å². The highest BCUT2D eigenvalue weighted by Crippen LogP contribution is 2.05. The second-order valence-electron chi connectivity index (χ2n) is 5.39. The van der Waals surface area contributed by atoms with Crippen LogP contribution in [0.4, 0.5) is 0 Å². The van der Waals surface area contributed by atoms with E-state index in [9.17, 15) is 0 Å². The molecule has 0 fully saturated rings. The Kier molecular flexibility index (Phi) is 7.98. The Morgan fingerprint density at radius 1 is 1.25 bits per heavy atom. The summed E-state index contributed by atoms with van der Waals surface area (Å²) < 4.78 is 5.52. The molecule has 0 aromatic heterocycles. The van der Waals surface area contributed by atoms with Crippen molar-refractivity contribution in [2.24, 2.45) is 0 Å². The molecular formula is C13H30N2O. The zero-order valence-corrected chi connectivity index (χ0v) is 12.0. The molecule has 0 unspecified atom stereocenters. The summed E-state index contributed by atoms with van der Waals surface area (Å²) in [5.41, 5.74) is 0.259. The molecule has 98 valence electrons. The van der Waals surface area contributed by atoms with Gasteiger partial charge in [-0.2, -0.15) is 0 Å². The van der Waals surface area contributed by atoms with E-state index in [1.165, 1.54) is 0 Å². The predicted molar refractivity (Wildman–Crippen MR) is 71.0 cm³/mol. The van der Waals surface area contributed by atoms with Crippen molar-refractivity contribution in [1.29, 1.82) is 0 Å². The van der Waals surface area contributed by atoms with E-state index in [1.807, 2.05) is 0 Å². The van der Waals surface area contributed by atoms with Gasteiger partial charge in [0.1, 0.15) is 0 Å². The Hall–Kier alpha value is -0.120. The molecule has 0 aliphatic carbocycles. The molecule has 0 aliphatic heterocycles. The molecule has 16 heavy (non-hydrogen) atoms. The van der Waals surface area contributed by atoms with Gasteiger partial charge in [0.05, 0.1) is 12.7 Å². The number of ether oxygens (including phenoxy) is 1. The van der Waals surface area contributed by atoms with E-state index in [1.54, 1.807) is 0 Å². The molecule has 0 radical (unpaired) electrons. The van der Waals surface area contributed by atoms with Crippen LogP contribution in [0.15, 0.2) is 0 Å². The Balaban J connectivity index is 3.47. The molecule has 3 heteroatoms. The van der Waals surface area contributed by atoms with Crippen molar-refractivity contribution in [2.45, 2.75) is 52.7 Å². The lowest BCUT2D eigenvalue weighted by Gasteiger charge is -2.26. The molecule has 0 atom stereocenters. The Labute approximate surface area is 102 Å². The van der Waals surface area contributed by atoms with Crippen LogP contribution in [0, 0.1) is 0 Å². The van der Waals surface area contributed by atoms with Crippen molar-refractivity contribution in [2.75, 3.05) is 33.3 Å². The third-order valence-electron chi connectivity index (χ3n) is 2.91. The summed E-state index contributed by atoms with van der Waals surface area (Å²) in [5, 5.41) is 3.56. The molecule has 0 bridgehead atoms. The van der Waals surface area contributed by atoms with Crippen LogP contribution in [0.1, 0.15) is 41.0 Å². The second-order valence-corrected chi connectivity index (χ2v) is 5.39. The zero-order chi connectivity index (χ0) is 12.6. The summed E-state index contributed by atoms with van der Waals surface area (Å²) >= 11 is 0. The van der Waals surface area contributed by atoms with Crippen LogP contribution in [-0.4, -0.2) is 49.8 Å². The zero-order valence-electron chi connectivity index (χ0n) is 12.0. The highest BCUT2D eigenvalue weighted by molar-refractivity contribution is 4.75. The van der Waals surface area contributed by atoms with Gasteiger partial charge in [-0.15, -0.1) is 0 Å². The lowest BCUT2D eigenvalue weighted by Crippen LogP contribution is -2.42. The first-order valence-corrected chi connectivity index (χ1v) is 6.42.